The van der Waals surface area contributed by atoms with E-state index in [0.717, 1.165) is 23.5 Å². The van der Waals surface area contributed by atoms with E-state index in [0.29, 0.717) is 12.1 Å². The largest absolute Gasteiger partial charge is 0.379 e. The summed E-state index contributed by atoms with van der Waals surface area (Å²) in [7, 11) is 0. The number of nitro groups is 1. The van der Waals surface area contributed by atoms with Gasteiger partial charge in [0.2, 0.25) is 0 Å². The lowest BCUT2D eigenvalue weighted by Crippen LogP contribution is -2.13. The molecule has 2 heterocycles. The molecule has 17 heavy (non-hydrogen) atoms. The van der Waals surface area contributed by atoms with Gasteiger partial charge in [0.05, 0.1) is 21.9 Å². The normalized spacial score (nSPS) is 15.5. The van der Waals surface area contributed by atoms with Crippen LogP contribution in [0.3, 0.4) is 0 Å². The third-order valence-electron chi connectivity index (χ3n) is 2.95. The predicted molar refractivity (Wildman–Crippen MR) is 68.1 cm³/mol. The summed E-state index contributed by atoms with van der Waals surface area (Å²) in [5, 5.41) is 17.5. The van der Waals surface area contributed by atoms with Gasteiger partial charge in [-0.2, -0.15) is 0 Å². The fraction of sp³-hybridized carbons (Fsp3) is 0.167. The summed E-state index contributed by atoms with van der Waals surface area (Å²) < 4.78 is 0. The molecule has 2 N–H and O–H groups in total. The van der Waals surface area contributed by atoms with Crippen LogP contribution in [0, 0.1) is 10.1 Å². The van der Waals surface area contributed by atoms with E-state index in [4.69, 9.17) is 0 Å². The number of hydrogen-bond acceptors (Lipinski definition) is 4. The van der Waals surface area contributed by atoms with Gasteiger partial charge in [-0.15, -0.1) is 0 Å². The SMILES string of the molecule is O=[N+]([O-])c1cc2c(c3c1C=CCN3)NCC=C2. The lowest BCUT2D eigenvalue weighted by Gasteiger charge is -2.22. The van der Waals surface area contributed by atoms with Gasteiger partial charge in [-0.05, 0) is 6.08 Å². The maximum absolute atomic E-state index is 11.1. The Kier molecular flexibility index (Phi) is 2.11. The molecular weight excluding hydrogens is 218 g/mol. The minimum atomic E-state index is -0.334. The Morgan fingerprint density at radius 2 is 1.82 bits per heavy atom. The van der Waals surface area contributed by atoms with Gasteiger partial charge in [-0.3, -0.25) is 10.1 Å². The predicted octanol–water partition coefficient (Wildman–Crippen LogP) is 2.47. The highest BCUT2D eigenvalue weighted by molar-refractivity contribution is 5.92. The van der Waals surface area contributed by atoms with E-state index in [1.54, 1.807) is 6.07 Å². The Bertz CT molecular complexity index is 561. The molecule has 0 spiro atoms. The van der Waals surface area contributed by atoms with Crippen LogP contribution in [0.1, 0.15) is 11.1 Å². The highest BCUT2D eigenvalue weighted by atomic mass is 16.6. The molecule has 0 unspecified atom stereocenters. The maximum Gasteiger partial charge on any atom is 0.279 e. The van der Waals surface area contributed by atoms with E-state index >= 15 is 0 Å². The van der Waals surface area contributed by atoms with Crippen molar-refractivity contribution in [1.82, 2.24) is 0 Å². The van der Waals surface area contributed by atoms with Gasteiger partial charge < -0.3 is 10.6 Å². The van der Waals surface area contributed by atoms with Crippen molar-refractivity contribution < 1.29 is 4.92 Å². The summed E-state index contributed by atoms with van der Waals surface area (Å²) in [5.74, 6) is 0. The molecule has 0 amide bonds. The lowest BCUT2D eigenvalue weighted by molar-refractivity contribution is -0.385. The van der Waals surface area contributed by atoms with Crippen molar-refractivity contribution in [3.05, 3.63) is 39.5 Å². The van der Waals surface area contributed by atoms with Crippen LogP contribution < -0.4 is 10.6 Å². The minimum Gasteiger partial charge on any atom is -0.379 e. The number of fused-ring (bicyclic) bond motifs is 3. The Morgan fingerprint density at radius 1 is 1.12 bits per heavy atom. The van der Waals surface area contributed by atoms with Crippen LogP contribution in [-0.4, -0.2) is 18.0 Å². The molecule has 0 saturated carbocycles. The second kappa shape index (κ2) is 3.62. The lowest BCUT2D eigenvalue weighted by atomic mass is 9.99. The van der Waals surface area contributed by atoms with Crippen molar-refractivity contribution in [3.63, 3.8) is 0 Å². The van der Waals surface area contributed by atoms with Crippen molar-refractivity contribution in [3.8, 4) is 0 Å². The summed E-state index contributed by atoms with van der Waals surface area (Å²) >= 11 is 0. The van der Waals surface area contributed by atoms with Crippen LogP contribution in [0.4, 0.5) is 17.1 Å². The average molecular weight is 229 g/mol. The van der Waals surface area contributed by atoms with Crippen LogP contribution in [0.5, 0.6) is 0 Å². The first kappa shape index (κ1) is 9.89. The van der Waals surface area contributed by atoms with Crippen molar-refractivity contribution in [2.75, 3.05) is 23.7 Å². The number of nitrogens with zero attached hydrogens (tertiary/aromatic N) is 1. The fourth-order valence-corrected chi connectivity index (χ4v) is 2.21. The number of benzene rings is 1. The van der Waals surface area contributed by atoms with Crippen LogP contribution >= 0.6 is 0 Å². The van der Waals surface area contributed by atoms with Crippen molar-refractivity contribution in [2.45, 2.75) is 0 Å². The Balaban J connectivity index is 2.31. The maximum atomic E-state index is 11.1. The summed E-state index contributed by atoms with van der Waals surface area (Å²) in [6.07, 6.45) is 7.57. The zero-order chi connectivity index (χ0) is 11.8. The molecule has 5 nitrogen and oxygen atoms in total. The quantitative estimate of drug-likeness (QED) is 0.573. The minimum absolute atomic E-state index is 0.149. The van der Waals surface area contributed by atoms with Gasteiger partial charge in [0.1, 0.15) is 0 Å². The number of hydrogen-bond donors (Lipinski definition) is 2. The standard InChI is InChI=1S/C12H11N3O2/c16-15(17)10-7-8-3-1-5-13-11(8)12-9(10)4-2-6-14-12/h1-4,7,13-14H,5-6H2. The van der Waals surface area contributed by atoms with Gasteiger partial charge >= 0.3 is 0 Å². The summed E-state index contributed by atoms with van der Waals surface area (Å²) in [6.45, 7) is 1.45. The van der Waals surface area contributed by atoms with Crippen LogP contribution in [0.2, 0.25) is 0 Å². The molecule has 0 bridgehead atoms. The topological polar surface area (TPSA) is 67.2 Å². The van der Waals surface area contributed by atoms with E-state index in [1.807, 2.05) is 24.3 Å². The van der Waals surface area contributed by atoms with E-state index in [9.17, 15) is 10.1 Å². The molecule has 5 heteroatoms. The van der Waals surface area contributed by atoms with Gasteiger partial charge in [0, 0.05) is 24.7 Å². The Labute approximate surface area is 98.0 Å². The van der Waals surface area contributed by atoms with Gasteiger partial charge in [-0.1, -0.05) is 18.2 Å². The molecule has 2 aliphatic rings. The van der Waals surface area contributed by atoms with E-state index < -0.39 is 0 Å². The Hall–Kier alpha value is -2.30. The van der Waals surface area contributed by atoms with Crippen molar-refractivity contribution in [2.24, 2.45) is 0 Å². The van der Waals surface area contributed by atoms with Crippen molar-refractivity contribution >= 4 is 29.2 Å². The summed E-state index contributed by atoms with van der Waals surface area (Å²) in [6, 6.07) is 1.62. The molecule has 0 aliphatic carbocycles. The fourth-order valence-electron chi connectivity index (χ4n) is 2.21. The molecular formula is C12H11N3O2. The average Bonchev–Trinajstić information content (AvgIpc) is 2.37. The second-order valence-corrected chi connectivity index (χ2v) is 3.97. The molecule has 0 aromatic heterocycles. The molecule has 0 radical (unpaired) electrons. The zero-order valence-electron chi connectivity index (χ0n) is 9.06. The first-order valence-electron chi connectivity index (χ1n) is 5.43. The number of nitrogens with one attached hydrogen (secondary N) is 2. The highest BCUT2D eigenvalue weighted by Gasteiger charge is 2.24. The molecule has 86 valence electrons. The third-order valence-corrected chi connectivity index (χ3v) is 2.95. The molecule has 0 fully saturated rings. The van der Waals surface area contributed by atoms with E-state index in [-0.39, 0.29) is 10.6 Å². The number of anilines is 2. The van der Waals surface area contributed by atoms with Gasteiger partial charge in [-0.25, -0.2) is 0 Å². The molecule has 2 aliphatic heterocycles. The van der Waals surface area contributed by atoms with Crippen molar-refractivity contribution in [1.29, 1.82) is 0 Å². The Morgan fingerprint density at radius 3 is 2.59 bits per heavy atom. The smallest absolute Gasteiger partial charge is 0.279 e. The number of nitro benzene ring substituents is 1. The first-order chi connectivity index (χ1) is 8.27. The monoisotopic (exact) mass is 229 g/mol. The summed E-state index contributed by atoms with van der Waals surface area (Å²) in [5.41, 5.74) is 3.46. The second-order valence-electron chi connectivity index (χ2n) is 3.97. The molecule has 0 saturated heterocycles. The van der Waals surface area contributed by atoms with Gasteiger partial charge in [0.15, 0.2) is 0 Å². The van der Waals surface area contributed by atoms with Gasteiger partial charge in [0.25, 0.3) is 5.69 Å². The third kappa shape index (κ3) is 1.47. The van der Waals surface area contributed by atoms with E-state index in [2.05, 4.69) is 10.6 Å². The molecule has 1 aromatic rings. The zero-order valence-corrected chi connectivity index (χ0v) is 9.06. The highest BCUT2D eigenvalue weighted by Crippen LogP contribution is 2.40. The molecule has 1 aromatic carbocycles. The number of rotatable bonds is 1. The van der Waals surface area contributed by atoms with E-state index in [1.165, 1.54) is 0 Å². The van der Waals surface area contributed by atoms with Crippen LogP contribution in [0.25, 0.3) is 12.2 Å². The molecule has 0 atom stereocenters. The summed E-state index contributed by atoms with van der Waals surface area (Å²) in [4.78, 5) is 10.7. The van der Waals surface area contributed by atoms with Crippen LogP contribution in [-0.2, 0) is 0 Å². The van der Waals surface area contributed by atoms with Crippen LogP contribution in [0.15, 0.2) is 18.2 Å². The molecule has 3 rings (SSSR count). The first-order valence-corrected chi connectivity index (χ1v) is 5.43.